The van der Waals surface area contributed by atoms with E-state index in [-0.39, 0.29) is 11.7 Å². The minimum absolute atomic E-state index is 0.0316. The van der Waals surface area contributed by atoms with Crippen LogP contribution in [-0.4, -0.2) is 35.4 Å². The van der Waals surface area contributed by atoms with Crippen LogP contribution in [0.5, 0.6) is 0 Å². The van der Waals surface area contributed by atoms with Gasteiger partial charge in [-0.3, -0.25) is 14.5 Å². The van der Waals surface area contributed by atoms with E-state index in [0.29, 0.717) is 34.4 Å². The van der Waals surface area contributed by atoms with E-state index in [9.17, 15) is 9.59 Å². The first-order valence-electron chi connectivity index (χ1n) is 11.5. The van der Waals surface area contributed by atoms with Gasteiger partial charge in [-0.1, -0.05) is 48.5 Å². The molecule has 4 rings (SSSR count). The average molecular weight is 485 g/mol. The van der Waals surface area contributed by atoms with E-state index in [1.54, 1.807) is 17.0 Å². The van der Waals surface area contributed by atoms with Crippen molar-refractivity contribution in [2.75, 3.05) is 23.8 Å². The number of ketones is 1. The van der Waals surface area contributed by atoms with Gasteiger partial charge < -0.3 is 10.2 Å². The Balaban J connectivity index is 1.75. The third-order valence-electron chi connectivity index (χ3n) is 5.53. The van der Waals surface area contributed by atoms with Gasteiger partial charge in [-0.25, -0.2) is 4.99 Å². The van der Waals surface area contributed by atoms with E-state index in [2.05, 4.69) is 5.32 Å². The first-order chi connectivity index (χ1) is 17.0. The summed E-state index contributed by atoms with van der Waals surface area (Å²) >= 11 is 1.34. The number of rotatable bonds is 8. The number of carbonyl (C=O) groups is 2. The van der Waals surface area contributed by atoms with Crippen molar-refractivity contribution in [2.24, 2.45) is 4.99 Å². The summed E-state index contributed by atoms with van der Waals surface area (Å²) in [5.41, 5.74) is 4.02. The molecule has 6 nitrogen and oxygen atoms in total. The second-order valence-electron chi connectivity index (χ2n) is 8.13. The lowest BCUT2D eigenvalue weighted by Gasteiger charge is -2.17. The Labute approximate surface area is 210 Å². The smallest absolute Gasteiger partial charge is 0.268 e. The standard InChI is InChI=1S/C28H28N4O2S/c1-4-29-24-16-15-22(20(2)33)17-25(24)30-28-32(18-21-11-7-5-8-12-21)27(34)26(35-28)19-31(3)23-13-9-6-10-14-23/h5-17,19,29H,4,18H2,1-3H3. The van der Waals surface area contributed by atoms with E-state index in [1.165, 1.54) is 18.7 Å². The molecule has 1 aliphatic heterocycles. The van der Waals surface area contributed by atoms with Gasteiger partial charge in [0.2, 0.25) is 0 Å². The van der Waals surface area contributed by atoms with E-state index in [4.69, 9.17) is 4.99 Å². The normalized spacial score (nSPS) is 15.6. The Bertz CT molecular complexity index is 1270. The van der Waals surface area contributed by atoms with Crippen molar-refractivity contribution in [3.63, 3.8) is 0 Å². The maximum atomic E-state index is 13.5. The topological polar surface area (TPSA) is 65.0 Å². The number of anilines is 2. The molecule has 0 bridgehead atoms. The lowest BCUT2D eigenvalue weighted by Crippen LogP contribution is -2.28. The summed E-state index contributed by atoms with van der Waals surface area (Å²) in [6.07, 6.45) is 1.85. The number of benzene rings is 3. The number of nitrogens with zero attached hydrogens (tertiary/aromatic N) is 3. The van der Waals surface area contributed by atoms with Crippen LogP contribution >= 0.6 is 11.8 Å². The van der Waals surface area contributed by atoms with Gasteiger partial charge in [0.05, 0.1) is 22.8 Å². The fourth-order valence-electron chi connectivity index (χ4n) is 3.69. The lowest BCUT2D eigenvalue weighted by molar-refractivity contribution is -0.122. The molecule has 3 aromatic carbocycles. The summed E-state index contributed by atoms with van der Waals surface area (Å²) in [5.74, 6) is -0.135. The molecule has 1 fully saturated rings. The Kier molecular flexibility index (Phi) is 7.67. The number of Topliss-reactive ketones (excluding diaryl/α,β-unsaturated/α-hetero) is 1. The summed E-state index contributed by atoms with van der Waals surface area (Å²) in [6, 6.07) is 25.2. The Hall–Kier alpha value is -3.84. The van der Waals surface area contributed by atoms with Crippen LogP contribution < -0.4 is 10.2 Å². The van der Waals surface area contributed by atoms with E-state index in [1.807, 2.05) is 91.8 Å². The monoisotopic (exact) mass is 484 g/mol. The zero-order valence-electron chi connectivity index (χ0n) is 20.1. The number of amides is 1. The number of para-hydroxylation sites is 1. The molecule has 1 heterocycles. The molecule has 178 valence electrons. The van der Waals surface area contributed by atoms with Gasteiger partial charge in [-0.2, -0.15) is 0 Å². The van der Waals surface area contributed by atoms with Crippen molar-refractivity contribution in [3.8, 4) is 0 Å². The molecule has 0 atom stereocenters. The van der Waals surface area contributed by atoms with Crippen LogP contribution in [0.4, 0.5) is 17.1 Å². The predicted molar refractivity (Wildman–Crippen MR) is 145 cm³/mol. The summed E-state index contributed by atoms with van der Waals surface area (Å²) in [4.78, 5) is 34.6. The van der Waals surface area contributed by atoms with E-state index < -0.39 is 0 Å². The minimum atomic E-state index is -0.104. The average Bonchev–Trinajstić information content (AvgIpc) is 3.15. The SMILES string of the molecule is CCNc1ccc(C(C)=O)cc1N=C1SC(=CN(C)c2ccccc2)C(=O)N1Cc1ccccc1. The molecule has 35 heavy (non-hydrogen) atoms. The highest BCUT2D eigenvalue weighted by Gasteiger charge is 2.34. The number of amidine groups is 1. The molecular weight excluding hydrogens is 456 g/mol. The van der Waals surface area contributed by atoms with Crippen molar-refractivity contribution in [3.05, 3.63) is 101 Å². The summed E-state index contributed by atoms with van der Waals surface area (Å²) in [7, 11) is 1.92. The first kappa shape index (κ1) is 24.3. The molecule has 0 aliphatic carbocycles. The van der Waals surface area contributed by atoms with Crippen molar-refractivity contribution in [2.45, 2.75) is 20.4 Å². The number of hydrogen-bond donors (Lipinski definition) is 1. The summed E-state index contributed by atoms with van der Waals surface area (Å²) < 4.78 is 0. The minimum Gasteiger partial charge on any atom is -0.384 e. The first-order valence-corrected chi connectivity index (χ1v) is 12.3. The maximum absolute atomic E-state index is 13.5. The Morgan fingerprint density at radius 3 is 2.40 bits per heavy atom. The van der Waals surface area contributed by atoms with Gasteiger partial charge in [0.1, 0.15) is 0 Å². The van der Waals surface area contributed by atoms with Crippen LogP contribution in [0.2, 0.25) is 0 Å². The van der Waals surface area contributed by atoms with Crippen LogP contribution in [0.1, 0.15) is 29.8 Å². The molecule has 1 N–H and O–H groups in total. The molecule has 0 spiro atoms. The number of hydrogen-bond acceptors (Lipinski definition) is 6. The fourth-order valence-corrected chi connectivity index (χ4v) is 4.69. The van der Waals surface area contributed by atoms with Gasteiger partial charge in [-0.15, -0.1) is 0 Å². The van der Waals surface area contributed by atoms with E-state index in [0.717, 1.165) is 16.9 Å². The largest absolute Gasteiger partial charge is 0.384 e. The zero-order valence-corrected chi connectivity index (χ0v) is 20.9. The predicted octanol–water partition coefficient (Wildman–Crippen LogP) is 6.06. The van der Waals surface area contributed by atoms with Crippen molar-refractivity contribution in [1.29, 1.82) is 0 Å². The molecule has 1 saturated heterocycles. The highest BCUT2D eigenvalue weighted by atomic mass is 32.2. The van der Waals surface area contributed by atoms with Crippen molar-refractivity contribution < 1.29 is 9.59 Å². The van der Waals surface area contributed by atoms with Crippen LogP contribution in [0.15, 0.2) is 95.0 Å². The van der Waals surface area contributed by atoms with E-state index >= 15 is 0 Å². The lowest BCUT2D eigenvalue weighted by atomic mass is 10.1. The molecule has 1 amide bonds. The summed E-state index contributed by atoms with van der Waals surface area (Å²) in [6.45, 7) is 4.66. The fraction of sp³-hybridized carbons (Fsp3) is 0.179. The molecule has 0 unspecified atom stereocenters. The second-order valence-corrected chi connectivity index (χ2v) is 9.14. The number of nitrogens with one attached hydrogen (secondary N) is 1. The number of carbonyl (C=O) groups excluding carboxylic acids is 2. The van der Waals surface area contributed by atoms with Gasteiger partial charge in [0.15, 0.2) is 11.0 Å². The quantitative estimate of drug-likeness (QED) is 0.311. The molecule has 3 aromatic rings. The van der Waals surface area contributed by atoms with Crippen LogP contribution in [0.3, 0.4) is 0 Å². The maximum Gasteiger partial charge on any atom is 0.268 e. The van der Waals surface area contributed by atoms with Gasteiger partial charge in [0.25, 0.3) is 5.91 Å². The zero-order chi connectivity index (χ0) is 24.8. The summed E-state index contributed by atoms with van der Waals surface area (Å²) in [5, 5.41) is 3.88. The van der Waals surface area contributed by atoms with Crippen LogP contribution in [-0.2, 0) is 11.3 Å². The third kappa shape index (κ3) is 5.81. The molecule has 0 saturated carbocycles. The third-order valence-corrected chi connectivity index (χ3v) is 6.53. The molecule has 0 radical (unpaired) electrons. The van der Waals surface area contributed by atoms with Gasteiger partial charge >= 0.3 is 0 Å². The Morgan fingerprint density at radius 1 is 1.06 bits per heavy atom. The molecular formula is C28H28N4O2S. The number of thioether (sulfide) groups is 1. The molecule has 0 aromatic heterocycles. The van der Waals surface area contributed by atoms with Gasteiger partial charge in [0, 0.05) is 31.0 Å². The van der Waals surface area contributed by atoms with Crippen molar-refractivity contribution in [1.82, 2.24) is 4.90 Å². The highest BCUT2D eigenvalue weighted by Crippen LogP contribution is 2.36. The van der Waals surface area contributed by atoms with Crippen LogP contribution in [0, 0.1) is 0 Å². The number of aliphatic imine (C=N–C) groups is 1. The van der Waals surface area contributed by atoms with Gasteiger partial charge in [-0.05, 0) is 61.5 Å². The van der Waals surface area contributed by atoms with Crippen LogP contribution in [0.25, 0.3) is 0 Å². The van der Waals surface area contributed by atoms with Crippen molar-refractivity contribution >= 4 is 45.7 Å². The second kappa shape index (κ2) is 11.1. The molecule has 1 aliphatic rings. The Morgan fingerprint density at radius 2 is 1.74 bits per heavy atom. The highest BCUT2D eigenvalue weighted by molar-refractivity contribution is 8.18. The molecule has 7 heteroatoms.